The Morgan fingerprint density at radius 3 is 2.89 bits per heavy atom. The highest BCUT2D eigenvalue weighted by Gasteiger charge is 2.19. The lowest BCUT2D eigenvalue weighted by molar-refractivity contribution is -0.0426. The Kier molecular flexibility index (Phi) is 2.55. The van der Waals surface area contributed by atoms with E-state index in [9.17, 15) is 10.2 Å². The SMILES string of the molecule is OC(O)c1cnc2cc(Cl)nn2c1-c1ccco1. The molecule has 3 rings (SSSR count). The predicted octanol–water partition coefficient (Wildman–Crippen LogP) is 1.63. The van der Waals surface area contributed by atoms with Crippen molar-refractivity contribution in [1.82, 2.24) is 14.6 Å². The molecule has 0 atom stereocenters. The Labute approximate surface area is 106 Å². The van der Waals surface area contributed by atoms with Crippen LogP contribution in [0.25, 0.3) is 17.1 Å². The quantitative estimate of drug-likeness (QED) is 0.688. The van der Waals surface area contributed by atoms with Gasteiger partial charge in [-0.05, 0) is 12.1 Å². The minimum atomic E-state index is -1.68. The van der Waals surface area contributed by atoms with Gasteiger partial charge in [0.25, 0.3) is 0 Å². The van der Waals surface area contributed by atoms with Crippen molar-refractivity contribution in [2.24, 2.45) is 0 Å². The summed E-state index contributed by atoms with van der Waals surface area (Å²) >= 11 is 5.82. The third kappa shape index (κ3) is 1.67. The van der Waals surface area contributed by atoms with Gasteiger partial charge in [-0.1, -0.05) is 11.6 Å². The second kappa shape index (κ2) is 4.09. The Balaban J connectivity index is 2.39. The fraction of sp³-hybridized carbons (Fsp3) is 0.0909. The lowest BCUT2D eigenvalue weighted by Crippen LogP contribution is -2.05. The van der Waals surface area contributed by atoms with Gasteiger partial charge in [0.1, 0.15) is 5.69 Å². The summed E-state index contributed by atoms with van der Waals surface area (Å²) in [4.78, 5) is 4.05. The number of fused-ring (bicyclic) bond motifs is 1. The molecule has 0 bridgehead atoms. The molecule has 2 N–H and O–H groups in total. The van der Waals surface area contributed by atoms with E-state index in [-0.39, 0.29) is 10.7 Å². The largest absolute Gasteiger partial charge is 0.463 e. The summed E-state index contributed by atoms with van der Waals surface area (Å²) in [6.07, 6.45) is 1.17. The van der Waals surface area contributed by atoms with Crippen molar-refractivity contribution in [3.05, 3.63) is 41.4 Å². The number of hydrogen-bond donors (Lipinski definition) is 2. The third-order valence-electron chi connectivity index (χ3n) is 2.51. The van der Waals surface area contributed by atoms with Crippen LogP contribution < -0.4 is 0 Å². The first-order valence-corrected chi connectivity index (χ1v) is 5.49. The summed E-state index contributed by atoms with van der Waals surface area (Å²) in [6, 6.07) is 4.96. The van der Waals surface area contributed by atoms with E-state index < -0.39 is 6.29 Å². The molecule has 0 spiro atoms. The van der Waals surface area contributed by atoms with Crippen molar-refractivity contribution < 1.29 is 14.6 Å². The third-order valence-corrected chi connectivity index (χ3v) is 2.70. The molecule has 3 heterocycles. The van der Waals surface area contributed by atoms with Crippen LogP contribution in [0.15, 0.2) is 35.1 Å². The number of halogens is 1. The van der Waals surface area contributed by atoms with E-state index in [2.05, 4.69) is 10.1 Å². The minimum Gasteiger partial charge on any atom is -0.463 e. The fourth-order valence-electron chi connectivity index (χ4n) is 1.77. The zero-order chi connectivity index (χ0) is 12.7. The van der Waals surface area contributed by atoms with Crippen LogP contribution in [0, 0.1) is 0 Å². The topological polar surface area (TPSA) is 83.8 Å². The van der Waals surface area contributed by atoms with Crippen LogP contribution in [0.3, 0.4) is 0 Å². The molecule has 0 aliphatic rings. The maximum Gasteiger partial charge on any atom is 0.182 e. The van der Waals surface area contributed by atoms with Crippen LogP contribution in [0.4, 0.5) is 0 Å². The Morgan fingerprint density at radius 2 is 2.22 bits per heavy atom. The molecule has 7 heteroatoms. The minimum absolute atomic E-state index is 0.192. The molecule has 3 aromatic heterocycles. The summed E-state index contributed by atoms with van der Waals surface area (Å²) in [7, 11) is 0. The molecule has 0 aliphatic carbocycles. The lowest BCUT2D eigenvalue weighted by Gasteiger charge is -2.10. The molecule has 0 aromatic carbocycles. The van der Waals surface area contributed by atoms with Crippen LogP contribution in [-0.2, 0) is 0 Å². The van der Waals surface area contributed by atoms with Gasteiger partial charge in [0.15, 0.2) is 22.9 Å². The molecule has 6 nitrogen and oxygen atoms in total. The molecule has 92 valence electrons. The van der Waals surface area contributed by atoms with Gasteiger partial charge >= 0.3 is 0 Å². The van der Waals surface area contributed by atoms with Crippen LogP contribution >= 0.6 is 11.6 Å². The van der Waals surface area contributed by atoms with Crippen molar-refractivity contribution in [3.8, 4) is 11.5 Å². The van der Waals surface area contributed by atoms with Gasteiger partial charge in [0.05, 0.1) is 11.8 Å². The standard InChI is InChI=1S/C11H8ClN3O3/c12-8-4-9-13-5-6(11(16)17)10(15(9)14-8)7-2-1-3-18-7/h1-5,11,16-17H. The average molecular weight is 266 g/mol. The fourth-order valence-corrected chi connectivity index (χ4v) is 1.94. The molecule has 0 amide bonds. The molecular weight excluding hydrogens is 258 g/mol. The van der Waals surface area contributed by atoms with E-state index in [0.29, 0.717) is 17.1 Å². The monoisotopic (exact) mass is 265 g/mol. The van der Waals surface area contributed by atoms with Gasteiger partial charge in [-0.15, -0.1) is 0 Å². The highest BCUT2D eigenvalue weighted by molar-refractivity contribution is 6.29. The number of nitrogens with zero attached hydrogens (tertiary/aromatic N) is 3. The first kappa shape index (κ1) is 11.2. The van der Waals surface area contributed by atoms with Crippen LogP contribution in [0.2, 0.25) is 5.15 Å². The summed E-state index contributed by atoms with van der Waals surface area (Å²) < 4.78 is 6.69. The summed E-state index contributed by atoms with van der Waals surface area (Å²) in [5.74, 6) is 0.449. The number of aliphatic hydroxyl groups excluding tert-OH is 1. The Hall–Kier alpha value is -1.89. The zero-order valence-corrected chi connectivity index (χ0v) is 9.74. The second-order valence-corrected chi connectivity index (χ2v) is 4.04. The van der Waals surface area contributed by atoms with Crippen molar-refractivity contribution in [3.63, 3.8) is 0 Å². The van der Waals surface area contributed by atoms with Crippen molar-refractivity contribution in [2.45, 2.75) is 6.29 Å². The van der Waals surface area contributed by atoms with Gasteiger partial charge in [-0.2, -0.15) is 5.10 Å². The second-order valence-electron chi connectivity index (χ2n) is 3.65. The molecule has 0 aliphatic heterocycles. The maximum atomic E-state index is 9.37. The summed E-state index contributed by atoms with van der Waals surface area (Å²) in [6.45, 7) is 0. The number of furan rings is 1. The van der Waals surface area contributed by atoms with Crippen molar-refractivity contribution in [2.75, 3.05) is 0 Å². The first-order valence-electron chi connectivity index (χ1n) is 5.11. The van der Waals surface area contributed by atoms with Gasteiger partial charge in [-0.3, -0.25) is 0 Å². The van der Waals surface area contributed by atoms with E-state index >= 15 is 0 Å². The van der Waals surface area contributed by atoms with E-state index in [1.165, 1.54) is 17.0 Å². The van der Waals surface area contributed by atoms with Crippen LogP contribution in [-0.4, -0.2) is 24.8 Å². The van der Waals surface area contributed by atoms with Crippen LogP contribution in [0.1, 0.15) is 11.9 Å². The molecule has 0 saturated heterocycles. The van der Waals surface area contributed by atoms with Gasteiger partial charge in [0.2, 0.25) is 0 Å². The number of hydrogen-bond acceptors (Lipinski definition) is 5. The Bertz CT molecular complexity index is 691. The molecule has 18 heavy (non-hydrogen) atoms. The predicted molar refractivity (Wildman–Crippen MR) is 62.9 cm³/mol. The molecule has 0 radical (unpaired) electrons. The summed E-state index contributed by atoms with van der Waals surface area (Å²) in [5, 5.41) is 23.1. The van der Waals surface area contributed by atoms with Crippen molar-refractivity contribution >= 4 is 17.2 Å². The molecule has 3 aromatic rings. The van der Waals surface area contributed by atoms with Gasteiger partial charge < -0.3 is 14.6 Å². The van der Waals surface area contributed by atoms with Crippen molar-refractivity contribution in [1.29, 1.82) is 0 Å². The van der Waals surface area contributed by atoms with Crippen LogP contribution in [0.5, 0.6) is 0 Å². The zero-order valence-electron chi connectivity index (χ0n) is 8.99. The van der Waals surface area contributed by atoms with E-state index in [1.54, 1.807) is 18.2 Å². The normalized spacial score (nSPS) is 11.6. The Morgan fingerprint density at radius 1 is 1.39 bits per heavy atom. The molecule has 0 fully saturated rings. The number of aliphatic hydroxyl groups is 2. The molecule has 0 unspecified atom stereocenters. The molecule has 0 saturated carbocycles. The summed E-state index contributed by atoms with van der Waals surface area (Å²) in [5.41, 5.74) is 1.10. The average Bonchev–Trinajstić information content (AvgIpc) is 2.93. The van der Waals surface area contributed by atoms with E-state index in [4.69, 9.17) is 16.0 Å². The number of aromatic nitrogens is 3. The highest BCUT2D eigenvalue weighted by Crippen LogP contribution is 2.28. The van der Waals surface area contributed by atoms with Gasteiger partial charge in [0, 0.05) is 12.3 Å². The lowest BCUT2D eigenvalue weighted by atomic mass is 10.2. The van der Waals surface area contributed by atoms with E-state index in [1.807, 2.05) is 0 Å². The smallest absolute Gasteiger partial charge is 0.182 e. The maximum absolute atomic E-state index is 9.37. The highest BCUT2D eigenvalue weighted by atomic mass is 35.5. The number of rotatable bonds is 2. The molecular formula is C11H8ClN3O3. The van der Waals surface area contributed by atoms with Gasteiger partial charge in [-0.25, -0.2) is 9.50 Å². The van der Waals surface area contributed by atoms with E-state index in [0.717, 1.165) is 0 Å². The first-order chi connectivity index (χ1) is 8.66.